The van der Waals surface area contributed by atoms with Crippen molar-refractivity contribution in [3.05, 3.63) is 59.7 Å². The van der Waals surface area contributed by atoms with Gasteiger partial charge in [-0.15, -0.1) is 5.06 Å². The van der Waals surface area contributed by atoms with Gasteiger partial charge < -0.3 is 39.4 Å². The summed E-state index contributed by atoms with van der Waals surface area (Å²) in [7, 11) is 0. The number of fused-ring (bicyclic) bond motifs is 1. The van der Waals surface area contributed by atoms with Gasteiger partial charge in [-0.1, -0.05) is 30.3 Å². The molecule has 13 nitrogen and oxygen atoms in total. The van der Waals surface area contributed by atoms with Crippen LogP contribution in [-0.2, 0) is 31.9 Å². The molecule has 0 saturated carbocycles. The first-order valence-corrected chi connectivity index (χ1v) is 18.8. The van der Waals surface area contributed by atoms with Gasteiger partial charge in [0, 0.05) is 64.0 Å². The zero-order valence-electron chi connectivity index (χ0n) is 30.6. The lowest BCUT2D eigenvalue weighted by Gasteiger charge is -2.40. The number of para-hydroxylation sites is 1. The lowest BCUT2D eigenvalue weighted by atomic mass is 9.79. The van der Waals surface area contributed by atoms with E-state index in [1.165, 1.54) is 0 Å². The highest BCUT2D eigenvalue weighted by Gasteiger charge is 2.37. The van der Waals surface area contributed by atoms with E-state index in [2.05, 4.69) is 5.32 Å². The van der Waals surface area contributed by atoms with Crippen LogP contribution in [0.4, 0.5) is 20.1 Å². The van der Waals surface area contributed by atoms with Crippen LogP contribution in [0.2, 0.25) is 0 Å². The molecular formula is C39H53N5O8. The van der Waals surface area contributed by atoms with Gasteiger partial charge >= 0.3 is 18.3 Å². The average molecular weight is 720 g/mol. The number of ether oxygens (including phenoxy) is 2. The molecule has 6 rings (SSSR count). The van der Waals surface area contributed by atoms with Gasteiger partial charge in [-0.25, -0.2) is 14.4 Å². The number of phenols is 1. The second kappa shape index (κ2) is 16.4. The molecule has 0 spiro atoms. The molecule has 0 bridgehead atoms. The number of nitrogens with one attached hydrogen (secondary N) is 1. The van der Waals surface area contributed by atoms with Crippen LogP contribution in [0.15, 0.2) is 48.5 Å². The molecule has 0 unspecified atom stereocenters. The SMILES string of the molecule is CC(C)(C)OC(=O)ON1CCC(C2CCN(C(=O)[C@@H](Cc3ccc(O)cc3)OC(=O)N3CCC(N4CCc5ccccc5NC4=O)CC3)CC2)CC1. The molecule has 0 radical (unpaired) electrons. The van der Waals surface area contributed by atoms with Crippen LogP contribution in [0.1, 0.15) is 70.4 Å². The van der Waals surface area contributed by atoms with Gasteiger partial charge in [0.05, 0.1) is 0 Å². The smallest absolute Gasteiger partial charge is 0.508 e. The number of hydrogen-bond donors (Lipinski definition) is 2. The zero-order chi connectivity index (χ0) is 36.8. The molecule has 3 fully saturated rings. The first kappa shape index (κ1) is 37.2. The topological polar surface area (TPSA) is 141 Å². The normalized spacial score (nSPS) is 20.4. The summed E-state index contributed by atoms with van der Waals surface area (Å²) in [6.45, 7) is 9.32. The lowest BCUT2D eigenvalue weighted by molar-refractivity contribution is -0.158. The van der Waals surface area contributed by atoms with Crippen molar-refractivity contribution >= 4 is 29.9 Å². The molecule has 2 aromatic rings. The molecule has 52 heavy (non-hydrogen) atoms. The van der Waals surface area contributed by atoms with E-state index >= 15 is 0 Å². The van der Waals surface area contributed by atoms with E-state index in [-0.39, 0.29) is 30.2 Å². The Morgan fingerprint density at radius 3 is 2.10 bits per heavy atom. The van der Waals surface area contributed by atoms with E-state index < -0.39 is 24.0 Å². The summed E-state index contributed by atoms with van der Waals surface area (Å²) in [5, 5.41) is 14.5. The second-order valence-electron chi connectivity index (χ2n) is 15.5. The number of hydrogen-bond acceptors (Lipinski definition) is 9. The number of likely N-dealkylation sites (tertiary alicyclic amines) is 2. The zero-order valence-corrected chi connectivity index (χ0v) is 30.6. The molecule has 13 heteroatoms. The Balaban J connectivity index is 1.00. The third-order valence-corrected chi connectivity index (χ3v) is 10.8. The van der Waals surface area contributed by atoms with E-state index in [0.29, 0.717) is 70.5 Å². The van der Waals surface area contributed by atoms with Crippen molar-refractivity contribution in [3.63, 3.8) is 0 Å². The number of aromatic hydroxyl groups is 1. The minimum Gasteiger partial charge on any atom is -0.508 e. The number of carbonyl (C=O) groups excluding carboxylic acids is 4. The molecule has 2 aromatic carbocycles. The Kier molecular flexibility index (Phi) is 11.8. The van der Waals surface area contributed by atoms with Crippen LogP contribution in [-0.4, -0.2) is 113 Å². The van der Waals surface area contributed by atoms with Crippen molar-refractivity contribution < 1.29 is 38.6 Å². The number of carbonyl (C=O) groups is 4. The van der Waals surface area contributed by atoms with E-state index in [1.54, 1.807) is 55.0 Å². The summed E-state index contributed by atoms with van der Waals surface area (Å²) < 4.78 is 11.3. The third kappa shape index (κ3) is 9.67. The van der Waals surface area contributed by atoms with Crippen LogP contribution in [0, 0.1) is 11.8 Å². The average Bonchev–Trinajstić information content (AvgIpc) is 3.29. The number of urea groups is 1. The number of hydroxylamine groups is 2. The van der Waals surface area contributed by atoms with Crippen LogP contribution in [0.25, 0.3) is 0 Å². The molecule has 4 aliphatic heterocycles. The molecule has 0 aromatic heterocycles. The highest BCUT2D eigenvalue weighted by atomic mass is 16.8. The molecule has 4 aliphatic rings. The molecular weight excluding hydrogens is 666 g/mol. The summed E-state index contributed by atoms with van der Waals surface area (Å²) in [5.74, 6) is 0.835. The third-order valence-electron chi connectivity index (χ3n) is 10.8. The molecule has 4 heterocycles. The maximum absolute atomic E-state index is 14.0. The highest BCUT2D eigenvalue weighted by molar-refractivity contribution is 5.91. The van der Waals surface area contributed by atoms with E-state index in [1.807, 2.05) is 34.1 Å². The van der Waals surface area contributed by atoms with E-state index in [0.717, 1.165) is 48.9 Å². The van der Waals surface area contributed by atoms with Gasteiger partial charge in [-0.2, -0.15) is 0 Å². The molecule has 1 atom stereocenters. The Hall–Kier alpha value is -4.52. The van der Waals surface area contributed by atoms with Crippen molar-refractivity contribution in [2.45, 2.75) is 89.9 Å². The molecule has 0 aliphatic carbocycles. The lowest BCUT2D eigenvalue weighted by Crippen LogP contribution is -2.52. The molecule has 2 N–H and O–H groups in total. The quantitative estimate of drug-likeness (QED) is 0.339. The van der Waals surface area contributed by atoms with Crippen molar-refractivity contribution in [3.8, 4) is 5.75 Å². The maximum Gasteiger partial charge on any atom is 0.528 e. The molecule has 3 saturated heterocycles. The summed E-state index contributed by atoms with van der Waals surface area (Å²) >= 11 is 0. The fourth-order valence-electron chi connectivity index (χ4n) is 7.93. The van der Waals surface area contributed by atoms with E-state index in [4.69, 9.17) is 14.3 Å². The van der Waals surface area contributed by atoms with Crippen molar-refractivity contribution in [1.29, 1.82) is 0 Å². The van der Waals surface area contributed by atoms with E-state index in [9.17, 15) is 24.3 Å². The van der Waals surface area contributed by atoms with Crippen LogP contribution in [0.3, 0.4) is 0 Å². The van der Waals surface area contributed by atoms with Gasteiger partial charge in [0.1, 0.15) is 11.4 Å². The van der Waals surface area contributed by atoms with Crippen molar-refractivity contribution in [1.82, 2.24) is 19.8 Å². The largest absolute Gasteiger partial charge is 0.528 e. The maximum atomic E-state index is 14.0. The van der Waals surface area contributed by atoms with Gasteiger partial charge in [0.2, 0.25) is 0 Å². The predicted octanol–water partition coefficient (Wildman–Crippen LogP) is 5.81. The Bertz CT molecular complexity index is 1560. The van der Waals surface area contributed by atoms with Gasteiger partial charge in [-0.3, -0.25) is 4.79 Å². The highest BCUT2D eigenvalue weighted by Crippen LogP contribution is 2.33. The molecule has 282 valence electrons. The number of piperidine rings is 3. The monoisotopic (exact) mass is 719 g/mol. The minimum absolute atomic E-state index is 0.00109. The molecule has 4 amide bonds. The first-order chi connectivity index (χ1) is 24.9. The Morgan fingerprint density at radius 2 is 1.44 bits per heavy atom. The van der Waals surface area contributed by atoms with Crippen LogP contribution < -0.4 is 5.32 Å². The van der Waals surface area contributed by atoms with Gasteiger partial charge in [-0.05, 0) is 107 Å². The minimum atomic E-state index is -1.01. The standard InChI is InChI=1S/C39H53N5O8/c1-39(2,3)51-38(49)52-43-23-14-29(15-24-43)28-12-19-41(20-13-28)35(46)34(26-27-8-10-32(45)11-9-27)50-37(48)42-21-17-31(18-22-42)44-25-16-30-6-4-5-7-33(30)40-36(44)47/h4-11,28-29,31,34,45H,12-26H2,1-3H3,(H,40,47)/t34-/m1/s1. The van der Waals surface area contributed by atoms with Gasteiger partial charge in [0.25, 0.3) is 5.91 Å². The Morgan fingerprint density at radius 1 is 0.827 bits per heavy atom. The van der Waals surface area contributed by atoms with Gasteiger partial charge in [0.15, 0.2) is 6.10 Å². The fraction of sp³-hybridized carbons (Fsp3) is 0.590. The van der Waals surface area contributed by atoms with Crippen LogP contribution in [0.5, 0.6) is 5.75 Å². The van der Waals surface area contributed by atoms with Crippen molar-refractivity contribution in [2.75, 3.05) is 51.1 Å². The van der Waals surface area contributed by atoms with Crippen molar-refractivity contribution in [2.24, 2.45) is 11.8 Å². The number of benzene rings is 2. The summed E-state index contributed by atoms with van der Waals surface area (Å²) in [5.41, 5.74) is 2.13. The number of phenolic OH excluding ortho intramolecular Hbond substituents is 1. The number of anilines is 1. The first-order valence-electron chi connectivity index (χ1n) is 18.8. The summed E-state index contributed by atoms with van der Waals surface area (Å²) in [6.07, 6.45) is 3.49. The number of amides is 4. The van der Waals surface area contributed by atoms with Crippen LogP contribution >= 0.6 is 0 Å². The Labute approximate surface area is 306 Å². The number of nitrogens with zero attached hydrogens (tertiary/aromatic N) is 4. The summed E-state index contributed by atoms with van der Waals surface area (Å²) in [4.78, 5) is 63.5. The summed E-state index contributed by atoms with van der Waals surface area (Å²) in [6, 6.07) is 14.3. The fourth-order valence-corrected chi connectivity index (χ4v) is 7.93. The predicted molar refractivity (Wildman–Crippen MR) is 193 cm³/mol. The number of rotatable bonds is 7. The second-order valence-corrected chi connectivity index (χ2v) is 15.5.